The second kappa shape index (κ2) is 7.03. The zero-order chi connectivity index (χ0) is 7.82. The van der Waals surface area contributed by atoms with Gasteiger partial charge in [0.2, 0.25) is 0 Å². The highest BCUT2D eigenvalue weighted by Crippen LogP contribution is 1.90. The fourth-order valence-corrected chi connectivity index (χ4v) is 0.740. The van der Waals surface area contributed by atoms with Gasteiger partial charge in [0.05, 0.1) is 0 Å². The number of hydrogen-bond donors (Lipinski definition) is 2. The van der Waals surface area contributed by atoms with Crippen molar-refractivity contribution in [1.29, 1.82) is 0 Å². The summed E-state index contributed by atoms with van der Waals surface area (Å²) in [5.74, 6) is 0. The molecule has 2 nitrogen and oxygen atoms in total. The molecule has 10 heavy (non-hydrogen) atoms. The van der Waals surface area contributed by atoms with Gasteiger partial charge < -0.3 is 0 Å². The lowest BCUT2D eigenvalue weighted by Gasteiger charge is -2.08. The second-order valence-electron chi connectivity index (χ2n) is 2.93. The van der Waals surface area contributed by atoms with E-state index in [1.54, 1.807) is 0 Å². The molecule has 0 saturated heterocycles. The molecule has 0 amide bonds. The molecule has 0 radical (unpaired) electrons. The van der Waals surface area contributed by atoms with Gasteiger partial charge >= 0.3 is 0 Å². The Morgan fingerprint density at radius 1 is 1.20 bits per heavy atom. The standard InChI is InChI=1S/C8H20N2/c1-4-5-6-7-9-10-8(2)3/h8-10H,4-7H2,1-3H3. The number of hydrogen-bond acceptors (Lipinski definition) is 2. The Morgan fingerprint density at radius 2 is 1.90 bits per heavy atom. The van der Waals surface area contributed by atoms with E-state index in [-0.39, 0.29) is 0 Å². The Balaban J connectivity index is 2.77. The molecule has 0 unspecified atom stereocenters. The van der Waals surface area contributed by atoms with Crippen LogP contribution in [0.25, 0.3) is 0 Å². The molecule has 0 rings (SSSR count). The average Bonchev–Trinajstić information content (AvgIpc) is 1.87. The fourth-order valence-electron chi connectivity index (χ4n) is 0.740. The summed E-state index contributed by atoms with van der Waals surface area (Å²) in [5, 5.41) is 0. The van der Waals surface area contributed by atoms with Crippen LogP contribution in [0.15, 0.2) is 0 Å². The lowest BCUT2D eigenvalue weighted by Crippen LogP contribution is -2.37. The Labute approximate surface area is 64.4 Å². The predicted octanol–water partition coefficient (Wildman–Crippen LogP) is 1.68. The van der Waals surface area contributed by atoms with Gasteiger partial charge in [0.1, 0.15) is 0 Å². The molecule has 0 heterocycles. The molecule has 0 aromatic heterocycles. The number of nitrogens with one attached hydrogen (secondary N) is 2. The van der Waals surface area contributed by atoms with Crippen LogP contribution in [-0.4, -0.2) is 12.6 Å². The number of unbranched alkanes of at least 4 members (excludes halogenated alkanes) is 2. The van der Waals surface area contributed by atoms with E-state index in [1.807, 2.05) is 0 Å². The van der Waals surface area contributed by atoms with Crippen LogP contribution in [0.1, 0.15) is 40.0 Å². The molecule has 0 saturated carbocycles. The molecule has 0 fully saturated rings. The first-order chi connectivity index (χ1) is 4.77. The van der Waals surface area contributed by atoms with Crippen molar-refractivity contribution in [3.05, 3.63) is 0 Å². The summed E-state index contributed by atoms with van der Waals surface area (Å²) in [6, 6.07) is 0.543. The lowest BCUT2D eigenvalue weighted by molar-refractivity contribution is 0.461. The van der Waals surface area contributed by atoms with Crippen LogP contribution in [0.2, 0.25) is 0 Å². The van der Waals surface area contributed by atoms with Crippen molar-refractivity contribution in [2.75, 3.05) is 6.54 Å². The largest absolute Gasteiger partial charge is 0.258 e. The first kappa shape index (κ1) is 9.92. The Bertz CT molecular complexity index is 62.3. The molecule has 0 atom stereocenters. The monoisotopic (exact) mass is 144 g/mol. The summed E-state index contributed by atoms with van der Waals surface area (Å²) in [7, 11) is 0. The first-order valence-electron chi connectivity index (χ1n) is 4.25. The molecule has 62 valence electrons. The molecular formula is C8H20N2. The molecule has 0 aliphatic heterocycles. The predicted molar refractivity (Wildman–Crippen MR) is 45.8 cm³/mol. The van der Waals surface area contributed by atoms with Crippen molar-refractivity contribution in [2.24, 2.45) is 0 Å². The molecule has 0 spiro atoms. The van der Waals surface area contributed by atoms with E-state index in [4.69, 9.17) is 0 Å². The summed E-state index contributed by atoms with van der Waals surface area (Å²) in [6.45, 7) is 7.57. The van der Waals surface area contributed by atoms with E-state index in [1.165, 1.54) is 19.3 Å². The van der Waals surface area contributed by atoms with E-state index < -0.39 is 0 Å². The average molecular weight is 144 g/mol. The van der Waals surface area contributed by atoms with Crippen molar-refractivity contribution < 1.29 is 0 Å². The highest BCUT2D eigenvalue weighted by molar-refractivity contribution is 4.47. The molecule has 2 heteroatoms. The first-order valence-corrected chi connectivity index (χ1v) is 4.25. The maximum Gasteiger partial charge on any atom is 0.0156 e. The lowest BCUT2D eigenvalue weighted by atomic mass is 10.2. The molecule has 2 N–H and O–H groups in total. The normalized spacial score (nSPS) is 10.8. The van der Waals surface area contributed by atoms with Gasteiger partial charge in [-0.2, -0.15) is 0 Å². The summed E-state index contributed by atoms with van der Waals surface area (Å²) in [4.78, 5) is 0. The molecule has 0 bridgehead atoms. The van der Waals surface area contributed by atoms with E-state index in [0.29, 0.717) is 6.04 Å². The molecule has 0 aromatic rings. The fraction of sp³-hybridized carbons (Fsp3) is 1.00. The van der Waals surface area contributed by atoms with E-state index in [2.05, 4.69) is 31.6 Å². The minimum atomic E-state index is 0.543. The smallest absolute Gasteiger partial charge is 0.0156 e. The van der Waals surface area contributed by atoms with Gasteiger partial charge in [-0.3, -0.25) is 10.9 Å². The number of rotatable bonds is 6. The third kappa shape index (κ3) is 7.92. The van der Waals surface area contributed by atoms with Crippen LogP contribution in [-0.2, 0) is 0 Å². The topological polar surface area (TPSA) is 24.1 Å². The van der Waals surface area contributed by atoms with Crippen molar-refractivity contribution in [1.82, 2.24) is 10.9 Å². The molecular weight excluding hydrogens is 124 g/mol. The summed E-state index contributed by atoms with van der Waals surface area (Å²) < 4.78 is 0. The second-order valence-corrected chi connectivity index (χ2v) is 2.93. The van der Waals surface area contributed by atoms with E-state index in [9.17, 15) is 0 Å². The maximum absolute atomic E-state index is 3.17. The third-order valence-electron chi connectivity index (χ3n) is 1.30. The van der Waals surface area contributed by atoms with Crippen molar-refractivity contribution >= 4 is 0 Å². The Morgan fingerprint density at radius 3 is 2.40 bits per heavy atom. The minimum Gasteiger partial charge on any atom is -0.258 e. The van der Waals surface area contributed by atoms with Crippen LogP contribution in [0.3, 0.4) is 0 Å². The zero-order valence-corrected chi connectivity index (χ0v) is 7.41. The zero-order valence-electron chi connectivity index (χ0n) is 7.41. The molecule has 0 aliphatic rings. The van der Waals surface area contributed by atoms with Gasteiger partial charge in [0, 0.05) is 12.6 Å². The quantitative estimate of drug-likeness (QED) is 0.438. The summed E-state index contributed by atoms with van der Waals surface area (Å²) in [5.41, 5.74) is 6.32. The van der Waals surface area contributed by atoms with Crippen LogP contribution in [0.5, 0.6) is 0 Å². The van der Waals surface area contributed by atoms with Crippen LogP contribution >= 0.6 is 0 Å². The van der Waals surface area contributed by atoms with Crippen LogP contribution in [0, 0.1) is 0 Å². The van der Waals surface area contributed by atoms with Crippen molar-refractivity contribution in [3.63, 3.8) is 0 Å². The maximum atomic E-state index is 3.17. The number of hydrazine groups is 1. The Kier molecular flexibility index (Phi) is 6.98. The highest BCUT2D eigenvalue weighted by atomic mass is 15.4. The van der Waals surface area contributed by atoms with Gasteiger partial charge in [-0.1, -0.05) is 19.8 Å². The Hall–Kier alpha value is -0.0800. The van der Waals surface area contributed by atoms with Gasteiger partial charge in [-0.15, -0.1) is 0 Å². The minimum absolute atomic E-state index is 0.543. The van der Waals surface area contributed by atoms with E-state index in [0.717, 1.165) is 6.54 Å². The van der Waals surface area contributed by atoms with Crippen LogP contribution < -0.4 is 10.9 Å². The SMILES string of the molecule is CCCCCNNC(C)C. The third-order valence-corrected chi connectivity index (χ3v) is 1.30. The van der Waals surface area contributed by atoms with Crippen molar-refractivity contribution in [2.45, 2.75) is 46.1 Å². The molecule has 0 aromatic carbocycles. The van der Waals surface area contributed by atoms with E-state index >= 15 is 0 Å². The molecule has 0 aliphatic carbocycles. The van der Waals surface area contributed by atoms with Gasteiger partial charge in [-0.05, 0) is 20.3 Å². The summed E-state index contributed by atoms with van der Waals surface area (Å²) in [6.07, 6.45) is 3.90. The van der Waals surface area contributed by atoms with Gasteiger partial charge in [0.15, 0.2) is 0 Å². The summed E-state index contributed by atoms with van der Waals surface area (Å²) >= 11 is 0. The van der Waals surface area contributed by atoms with Crippen molar-refractivity contribution in [3.8, 4) is 0 Å². The van der Waals surface area contributed by atoms with Gasteiger partial charge in [-0.25, -0.2) is 0 Å². The highest BCUT2D eigenvalue weighted by Gasteiger charge is 1.88. The van der Waals surface area contributed by atoms with Gasteiger partial charge in [0.25, 0.3) is 0 Å². The van der Waals surface area contributed by atoms with Crippen LogP contribution in [0.4, 0.5) is 0 Å².